The quantitative estimate of drug-likeness (QED) is 0.0883. The summed E-state index contributed by atoms with van der Waals surface area (Å²) in [6.45, 7) is 4.53. The average Bonchev–Trinajstić information content (AvgIpc) is 3.07. The molecule has 0 atom stereocenters. The van der Waals surface area contributed by atoms with Crippen LogP contribution >= 0.6 is 0 Å². The molecule has 0 radical (unpaired) electrons. The van der Waals surface area contributed by atoms with Gasteiger partial charge in [-0.2, -0.15) is 0 Å². The fourth-order valence-electron chi connectivity index (χ4n) is 6.47. The van der Waals surface area contributed by atoms with Crippen LogP contribution in [0, 0.1) is 0 Å². The third-order valence-corrected chi connectivity index (χ3v) is 10.6. The summed E-state index contributed by atoms with van der Waals surface area (Å²) in [4.78, 5) is 0. The monoisotopic (exact) mass is 645 g/mol. The van der Waals surface area contributed by atoms with Crippen LogP contribution in [0.4, 0.5) is 5.69 Å². The summed E-state index contributed by atoms with van der Waals surface area (Å²) >= 11 is 0. The molecule has 0 amide bonds. The van der Waals surface area contributed by atoms with Gasteiger partial charge < -0.3 is 0 Å². The van der Waals surface area contributed by atoms with Crippen LogP contribution in [0.25, 0.3) is 22.3 Å². The molecule has 0 bridgehead atoms. The van der Waals surface area contributed by atoms with Crippen molar-refractivity contribution < 1.29 is 8.42 Å². The van der Waals surface area contributed by atoms with Gasteiger partial charge in [0.2, 0.25) is 10.0 Å². The van der Waals surface area contributed by atoms with Crippen molar-refractivity contribution in [2.24, 2.45) is 0 Å². The lowest BCUT2D eigenvalue weighted by Crippen LogP contribution is -2.17. The fourth-order valence-corrected chi connectivity index (χ4v) is 7.67. The zero-order chi connectivity index (χ0) is 32.7. The number of para-hydroxylation sites is 1. The van der Waals surface area contributed by atoms with Crippen LogP contribution in [0.1, 0.15) is 148 Å². The standard InChI is InChI=1S/C42H63NO2S/c1-3-5-7-9-11-13-15-17-19-21-27-37-28-22-23-29-40(37)38-32-34-39(35-33-38)41-30-24-25-31-42(41)43-46(44,45)36-26-20-18-16-14-12-10-8-6-4-2/h22-25,28-35,43H,3-21,26-27,36H2,1-2H3. The normalized spacial score (nSPS) is 11.6. The third-order valence-electron chi connectivity index (χ3n) is 9.28. The average molecular weight is 646 g/mol. The lowest BCUT2D eigenvalue weighted by molar-refractivity contribution is 0.556. The first-order chi connectivity index (χ1) is 22.5. The van der Waals surface area contributed by atoms with Crippen molar-refractivity contribution in [2.75, 3.05) is 10.5 Å². The molecule has 0 heterocycles. The second kappa shape index (κ2) is 22.9. The van der Waals surface area contributed by atoms with E-state index >= 15 is 0 Å². The molecule has 0 aliphatic rings. The van der Waals surface area contributed by atoms with E-state index in [2.05, 4.69) is 67.1 Å². The molecule has 0 aliphatic carbocycles. The first-order valence-corrected chi connectivity index (χ1v) is 20.5. The molecular weight excluding hydrogens is 583 g/mol. The van der Waals surface area contributed by atoms with E-state index in [1.165, 1.54) is 126 Å². The molecule has 0 unspecified atom stereocenters. The second-order valence-electron chi connectivity index (χ2n) is 13.3. The van der Waals surface area contributed by atoms with E-state index in [-0.39, 0.29) is 5.75 Å². The highest BCUT2D eigenvalue weighted by Gasteiger charge is 2.14. The molecule has 0 fully saturated rings. The number of nitrogens with one attached hydrogen (secondary N) is 1. The highest BCUT2D eigenvalue weighted by molar-refractivity contribution is 7.92. The topological polar surface area (TPSA) is 46.2 Å². The zero-order valence-corrected chi connectivity index (χ0v) is 30.0. The number of anilines is 1. The molecule has 0 aromatic heterocycles. The van der Waals surface area contributed by atoms with Crippen LogP contribution in [0.5, 0.6) is 0 Å². The second-order valence-corrected chi connectivity index (χ2v) is 15.2. The van der Waals surface area contributed by atoms with Crippen LogP contribution in [0.2, 0.25) is 0 Å². The minimum atomic E-state index is -3.40. The molecule has 3 aromatic carbocycles. The molecule has 0 spiro atoms. The first kappa shape index (κ1) is 37.9. The first-order valence-electron chi connectivity index (χ1n) is 18.8. The van der Waals surface area contributed by atoms with Crippen LogP contribution in [0.3, 0.4) is 0 Å². The van der Waals surface area contributed by atoms with Gasteiger partial charge in [-0.15, -0.1) is 0 Å². The van der Waals surface area contributed by atoms with E-state index in [1.54, 1.807) is 0 Å². The molecule has 4 heteroatoms. The lowest BCUT2D eigenvalue weighted by atomic mass is 9.94. The highest BCUT2D eigenvalue weighted by atomic mass is 32.2. The largest absolute Gasteiger partial charge is 0.283 e. The Bertz CT molecular complexity index is 1320. The maximum atomic E-state index is 13.0. The van der Waals surface area contributed by atoms with E-state index in [0.29, 0.717) is 12.1 Å². The molecule has 3 rings (SSSR count). The number of aryl methyl sites for hydroxylation is 1. The SMILES string of the molecule is CCCCCCCCCCCCc1ccccc1-c1ccc(-c2ccccc2NS(=O)(=O)CCCCCCCCCCCC)cc1. The Morgan fingerprint density at radius 3 is 1.41 bits per heavy atom. The highest BCUT2D eigenvalue weighted by Crippen LogP contribution is 2.32. The Morgan fingerprint density at radius 1 is 0.457 bits per heavy atom. The Balaban J connectivity index is 1.48. The van der Waals surface area contributed by atoms with Crippen molar-refractivity contribution in [3.63, 3.8) is 0 Å². The van der Waals surface area contributed by atoms with E-state index in [0.717, 1.165) is 30.4 Å². The summed E-state index contributed by atoms with van der Waals surface area (Å²) < 4.78 is 28.9. The molecule has 46 heavy (non-hydrogen) atoms. The molecular formula is C42H63NO2S. The summed E-state index contributed by atoms with van der Waals surface area (Å²) in [5, 5.41) is 0. The van der Waals surface area contributed by atoms with Gasteiger partial charge in [0.25, 0.3) is 0 Å². The van der Waals surface area contributed by atoms with Gasteiger partial charge in [0.1, 0.15) is 0 Å². The molecule has 0 aliphatic heterocycles. The van der Waals surface area contributed by atoms with Gasteiger partial charge in [-0.05, 0) is 47.6 Å². The summed E-state index contributed by atoms with van der Waals surface area (Å²) in [5.74, 6) is 0.173. The molecule has 3 aromatic rings. The van der Waals surface area contributed by atoms with Crippen LogP contribution in [0.15, 0.2) is 72.8 Å². The predicted octanol–water partition coefficient (Wildman–Crippen LogP) is 13.1. The Kier molecular flexibility index (Phi) is 18.8. The number of hydrogen-bond acceptors (Lipinski definition) is 2. The van der Waals surface area contributed by atoms with Crippen molar-refractivity contribution in [3.05, 3.63) is 78.4 Å². The van der Waals surface area contributed by atoms with E-state index in [1.807, 2.05) is 24.3 Å². The Labute approximate surface area is 283 Å². The number of unbranched alkanes of at least 4 members (excludes halogenated alkanes) is 18. The number of sulfonamides is 1. The number of benzene rings is 3. The smallest absolute Gasteiger partial charge is 0.232 e. The van der Waals surface area contributed by atoms with Gasteiger partial charge in [0.15, 0.2) is 0 Å². The zero-order valence-electron chi connectivity index (χ0n) is 29.2. The summed E-state index contributed by atoms with van der Waals surface area (Å²) in [6, 6.07) is 25.2. The number of hydrogen-bond donors (Lipinski definition) is 1. The molecule has 3 nitrogen and oxygen atoms in total. The maximum absolute atomic E-state index is 13.0. The Hall–Kier alpha value is -2.59. The van der Waals surface area contributed by atoms with E-state index < -0.39 is 10.0 Å². The molecule has 254 valence electrons. The van der Waals surface area contributed by atoms with Gasteiger partial charge in [-0.3, -0.25) is 4.72 Å². The summed E-state index contributed by atoms with van der Waals surface area (Å²) in [7, 11) is -3.40. The third kappa shape index (κ3) is 14.9. The van der Waals surface area contributed by atoms with Gasteiger partial charge in [-0.1, -0.05) is 196 Å². The Morgan fingerprint density at radius 2 is 0.870 bits per heavy atom. The van der Waals surface area contributed by atoms with Crippen molar-refractivity contribution in [2.45, 2.75) is 149 Å². The summed E-state index contributed by atoms with van der Waals surface area (Å²) in [5.41, 5.74) is 6.52. The van der Waals surface area contributed by atoms with Gasteiger partial charge in [0, 0.05) is 5.56 Å². The number of rotatable bonds is 26. The van der Waals surface area contributed by atoms with Crippen molar-refractivity contribution in [1.82, 2.24) is 0 Å². The molecule has 1 N–H and O–H groups in total. The molecule has 0 saturated carbocycles. The van der Waals surface area contributed by atoms with Gasteiger partial charge >= 0.3 is 0 Å². The minimum absolute atomic E-state index is 0.173. The lowest BCUT2D eigenvalue weighted by Gasteiger charge is -2.14. The maximum Gasteiger partial charge on any atom is 0.232 e. The minimum Gasteiger partial charge on any atom is -0.283 e. The predicted molar refractivity (Wildman–Crippen MR) is 202 cm³/mol. The van der Waals surface area contributed by atoms with Gasteiger partial charge in [-0.25, -0.2) is 8.42 Å². The van der Waals surface area contributed by atoms with Gasteiger partial charge in [0.05, 0.1) is 11.4 Å². The van der Waals surface area contributed by atoms with Crippen molar-refractivity contribution in [1.29, 1.82) is 0 Å². The van der Waals surface area contributed by atoms with Crippen LogP contribution in [-0.4, -0.2) is 14.2 Å². The fraction of sp³-hybridized carbons (Fsp3) is 0.571. The van der Waals surface area contributed by atoms with Crippen LogP contribution in [-0.2, 0) is 16.4 Å². The molecule has 0 saturated heterocycles. The summed E-state index contributed by atoms with van der Waals surface area (Å²) in [6.07, 6.45) is 26.5. The van der Waals surface area contributed by atoms with Crippen molar-refractivity contribution in [3.8, 4) is 22.3 Å². The van der Waals surface area contributed by atoms with Crippen LogP contribution < -0.4 is 4.72 Å². The van der Waals surface area contributed by atoms with Crippen molar-refractivity contribution >= 4 is 15.7 Å². The van der Waals surface area contributed by atoms with E-state index in [4.69, 9.17) is 0 Å². The van der Waals surface area contributed by atoms with E-state index in [9.17, 15) is 8.42 Å².